The molecule has 2 aliphatic rings. The van der Waals surface area contributed by atoms with Crippen LogP contribution in [0.5, 0.6) is 0 Å². The zero-order valence-electron chi connectivity index (χ0n) is 32.0. The molecule has 0 aliphatic heterocycles. The summed E-state index contributed by atoms with van der Waals surface area (Å²) in [6.45, 7) is 11.0. The maximum absolute atomic E-state index is 4.93. The summed E-state index contributed by atoms with van der Waals surface area (Å²) in [4.78, 5) is 0. The molecule has 0 heterocycles. The molecule has 0 spiro atoms. The molecule has 270 valence electrons. The second-order valence-electron chi connectivity index (χ2n) is 14.9. The quantitative estimate of drug-likeness (QED) is 0.116. The Balaban J connectivity index is 0.000000175. The number of aryl methyl sites for hydroxylation is 1. The van der Waals surface area contributed by atoms with Gasteiger partial charge in [-0.05, 0) is 72.1 Å². The van der Waals surface area contributed by atoms with Gasteiger partial charge in [-0.15, -0.1) is 69.1 Å². The summed E-state index contributed by atoms with van der Waals surface area (Å²) >= 11 is -0.826. The van der Waals surface area contributed by atoms with Crippen LogP contribution in [0.25, 0.3) is 43.8 Å². The van der Waals surface area contributed by atoms with Crippen LogP contribution in [0.3, 0.4) is 0 Å². The van der Waals surface area contributed by atoms with Crippen molar-refractivity contribution < 1.29 is 20.8 Å². The van der Waals surface area contributed by atoms with Crippen molar-refractivity contribution in [3.63, 3.8) is 0 Å². The van der Waals surface area contributed by atoms with E-state index in [2.05, 4.69) is 143 Å². The fourth-order valence-electron chi connectivity index (χ4n) is 8.18. The van der Waals surface area contributed by atoms with Gasteiger partial charge < -0.3 is 0 Å². The Labute approximate surface area is 335 Å². The summed E-state index contributed by atoms with van der Waals surface area (Å²) in [6.07, 6.45) is 13.6. The minimum absolute atomic E-state index is 0.590. The molecule has 6 aromatic rings. The summed E-state index contributed by atoms with van der Waals surface area (Å²) < 4.78 is 0. The number of rotatable bonds is 6. The predicted octanol–water partition coefficient (Wildman–Crippen LogP) is 16.0. The molecule has 0 saturated heterocycles. The predicted molar refractivity (Wildman–Crippen MR) is 230 cm³/mol. The number of fused-ring (bicyclic) bond motifs is 2. The first-order valence-electron chi connectivity index (χ1n) is 19.5. The van der Waals surface area contributed by atoms with Crippen LogP contribution < -0.4 is 0 Å². The third-order valence-corrected chi connectivity index (χ3v) is 11.0. The fraction of sp³-hybridized carbons (Fsp3) is 0.375. The van der Waals surface area contributed by atoms with Gasteiger partial charge in [-0.2, -0.15) is 12.1 Å². The van der Waals surface area contributed by atoms with Crippen molar-refractivity contribution in [2.75, 3.05) is 0 Å². The molecular formula is C48H56Cl2SiZr. The molecule has 0 atom stereocenters. The summed E-state index contributed by atoms with van der Waals surface area (Å²) in [6, 6.07) is 41.5. The molecule has 0 N–H and O–H groups in total. The van der Waals surface area contributed by atoms with E-state index >= 15 is 0 Å². The summed E-state index contributed by atoms with van der Waals surface area (Å²) in [5.41, 5.74) is 11.4. The Morgan fingerprint density at radius 2 is 1.13 bits per heavy atom. The van der Waals surface area contributed by atoms with Crippen molar-refractivity contribution in [2.24, 2.45) is 0 Å². The zero-order chi connectivity index (χ0) is 36.9. The number of hydrogen-bond acceptors (Lipinski definition) is 0. The van der Waals surface area contributed by atoms with Crippen LogP contribution in [-0.4, -0.2) is 9.52 Å². The second-order valence-corrected chi connectivity index (χ2v) is 19.6. The van der Waals surface area contributed by atoms with Gasteiger partial charge in [0.2, 0.25) is 0 Å². The van der Waals surface area contributed by atoms with Gasteiger partial charge in [0.25, 0.3) is 0 Å². The van der Waals surface area contributed by atoms with Crippen LogP contribution in [-0.2, 0) is 27.3 Å². The Kier molecular flexibility index (Phi) is 16.6. The molecule has 2 saturated carbocycles. The average molecular weight is 823 g/mol. The van der Waals surface area contributed by atoms with Gasteiger partial charge >= 0.3 is 37.9 Å². The first-order valence-corrected chi connectivity index (χ1v) is 27.9. The number of halogens is 2. The Morgan fingerprint density at radius 1 is 0.654 bits per heavy atom. The molecule has 0 unspecified atom stereocenters. The van der Waals surface area contributed by atoms with Crippen molar-refractivity contribution >= 4 is 48.1 Å². The standard InChI is InChI=1S/2C23H25.C2H6Si.2ClH.Zr/c1-16(2)17-10-12-19(13-11-17)22-9-5-8-20-14-21(15-23(20)22)18-6-3-4-7-18;1-2-17-15-21-9-6-10-22(23(21)16-17)20-13-11-19(12-14-20)18-7-4-3-5-8-18;1-3-2;;;/h5,8-16,18H,3-4,6-7H2,1-2H3;6,9-16,18H,2-5,7-8H2,1H3;1-2H3;2*1H;/q2*-1;;;;+4/p-2. The normalized spacial score (nSPS) is 14.6. The monoisotopic (exact) mass is 820 g/mol. The summed E-state index contributed by atoms with van der Waals surface area (Å²) in [5.74, 6) is 2.17. The van der Waals surface area contributed by atoms with E-state index in [0.717, 1.165) is 27.8 Å². The molecule has 2 aliphatic carbocycles. The molecule has 8 rings (SSSR count). The van der Waals surface area contributed by atoms with E-state index in [1.54, 1.807) is 5.56 Å². The van der Waals surface area contributed by atoms with Crippen molar-refractivity contribution in [1.29, 1.82) is 0 Å². The van der Waals surface area contributed by atoms with E-state index in [9.17, 15) is 0 Å². The Morgan fingerprint density at radius 3 is 1.67 bits per heavy atom. The van der Waals surface area contributed by atoms with Gasteiger partial charge in [-0.1, -0.05) is 138 Å². The van der Waals surface area contributed by atoms with E-state index in [-0.39, 0.29) is 0 Å². The van der Waals surface area contributed by atoms with Crippen LogP contribution in [0, 0.1) is 0 Å². The molecule has 0 nitrogen and oxygen atoms in total. The van der Waals surface area contributed by atoms with Crippen LogP contribution in [0.1, 0.15) is 119 Å². The molecule has 0 amide bonds. The molecule has 0 bridgehead atoms. The van der Waals surface area contributed by atoms with E-state index in [4.69, 9.17) is 17.0 Å². The third kappa shape index (κ3) is 10.7. The van der Waals surface area contributed by atoms with Crippen molar-refractivity contribution in [3.05, 3.63) is 131 Å². The maximum atomic E-state index is 4.93. The molecule has 6 aromatic carbocycles. The molecule has 2 fully saturated rings. The van der Waals surface area contributed by atoms with Crippen molar-refractivity contribution in [3.8, 4) is 22.3 Å². The average Bonchev–Trinajstić information content (AvgIpc) is 3.96. The van der Waals surface area contributed by atoms with Gasteiger partial charge in [-0.3, -0.25) is 0 Å². The minimum atomic E-state index is -0.826. The van der Waals surface area contributed by atoms with Crippen LogP contribution in [0.2, 0.25) is 13.1 Å². The van der Waals surface area contributed by atoms with Gasteiger partial charge in [-0.25, -0.2) is 0 Å². The van der Waals surface area contributed by atoms with Gasteiger partial charge in [0.05, 0.1) is 0 Å². The second kappa shape index (κ2) is 21.0. The zero-order valence-corrected chi connectivity index (χ0v) is 36.9. The summed E-state index contributed by atoms with van der Waals surface area (Å²) in [5, 5.41) is 5.59. The Hall–Kier alpha value is -2.22. The van der Waals surface area contributed by atoms with Gasteiger partial charge in [0.15, 0.2) is 0 Å². The molecule has 0 aromatic heterocycles. The third-order valence-electron chi connectivity index (χ3n) is 11.0. The van der Waals surface area contributed by atoms with E-state index in [1.165, 1.54) is 118 Å². The SMILES string of the molecule is CC(C)c1ccc(-c2cccc3[cH-]c(C4CCCC4)cc23)cc1.CCc1cc2c(-c3ccc(C4CCCCC4)cc3)cccc2[cH-]1.C[Si]C.[Cl][Zr+2][Cl]. The molecule has 2 radical (unpaired) electrons. The molecular weight excluding hydrogens is 767 g/mol. The van der Waals surface area contributed by atoms with Crippen LogP contribution >= 0.6 is 17.0 Å². The van der Waals surface area contributed by atoms with Crippen molar-refractivity contribution in [2.45, 2.75) is 116 Å². The van der Waals surface area contributed by atoms with Gasteiger partial charge in [0.1, 0.15) is 0 Å². The van der Waals surface area contributed by atoms with Gasteiger partial charge in [0, 0.05) is 9.52 Å². The molecule has 52 heavy (non-hydrogen) atoms. The summed E-state index contributed by atoms with van der Waals surface area (Å²) in [7, 11) is 11.0. The van der Waals surface area contributed by atoms with Crippen molar-refractivity contribution in [1.82, 2.24) is 0 Å². The Bertz CT molecular complexity index is 1920. The number of benzene rings is 4. The topological polar surface area (TPSA) is 0 Å². The van der Waals surface area contributed by atoms with E-state index in [1.807, 2.05) is 0 Å². The van der Waals surface area contributed by atoms with E-state index in [0.29, 0.717) is 5.92 Å². The first-order chi connectivity index (χ1) is 25.4. The first kappa shape index (κ1) is 41.0. The number of hydrogen-bond donors (Lipinski definition) is 0. The van der Waals surface area contributed by atoms with Crippen LogP contribution in [0.4, 0.5) is 0 Å². The molecule has 4 heteroatoms. The fourth-order valence-corrected chi connectivity index (χ4v) is 8.18. The van der Waals surface area contributed by atoms with E-state index < -0.39 is 20.8 Å². The van der Waals surface area contributed by atoms with Crippen LogP contribution in [0.15, 0.2) is 109 Å².